The van der Waals surface area contributed by atoms with Gasteiger partial charge >= 0.3 is 6.18 Å². The van der Waals surface area contributed by atoms with Gasteiger partial charge in [0.2, 0.25) is 0 Å². The highest BCUT2D eigenvalue weighted by atomic mass is 19.4. The largest absolute Gasteiger partial charge is 0.411 e. The number of nitrogens with one attached hydrogen (secondary N) is 2. The van der Waals surface area contributed by atoms with Crippen molar-refractivity contribution in [3.63, 3.8) is 0 Å². The Hall–Kier alpha value is -1.80. The lowest BCUT2D eigenvalue weighted by Crippen LogP contribution is -2.45. The Morgan fingerprint density at radius 2 is 1.84 bits per heavy atom. The van der Waals surface area contributed by atoms with Gasteiger partial charge < -0.3 is 20.1 Å². The number of ether oxygens (including phenoxy) is 2. The molecule has 0 aromatic heterocycles. The summed E-state index contributed by atoms with van der Waals surface area (Å²) in [5.41, 5.74) is 1.28. The fraction of sp³-hybridized carbons (Fsp3) is 0.588. The van der Waals surface area contributed by atoms with Crippen LogP contribution in [-0.4, -0.2) is 45.0 Å². The molecule has 0 spiro atoms. The lowest BCUT2D eigenvalue weighted by molar-refractivity contribution is -0.176. The molecule has 0 radical (unpaired) electrons. The molecule has 1 aromatic rings. The van der Waals surface area contributed by atoms with Crippen LogP contribution in [0.15, 0.2) is 29.3 Å². The minimum Gasteiger partial charge on any atom is -0.377 e. The maximum atomic E-state index is 12.1. The number of rotatable bonds is 8. The Labute approximate surface area is 146 Å². The Kier molecular flexibility index (Phi) is 8.18. The SMILES string of the molecule is CN=C(NCc1cccc(COCC(F)(F)F)c1)NCC(C)(C)OC. The van der Waals surface area contributed by atoms with Gasteiger partial charge in [-0.05, 0) is 25.0 Å². The first-order chi connectivity index (χ1) is 11.6. The zero-order chi connectivity index (χ0) is 18.9. The molecule has 0 saturated carbocycles. The summed E-state index contributed by atoms with van der Waals surface area (Å²) in [5, 5.41) is 6.31. The molecule has 1 aromatic carbocycles. The molecular weight excluding hydrogens is 335 g/mol. The lowest BCUT2D eigenvalue weighted by atomic mass is 10.1. The van der Waals surface area contributed by atoms with E-state index >= 15 is 0 Å². The van der Waals surface area contributed by atoms with E-state index < -0.39 is 12.8 Å². The molecule has 0 heterocycles. The second kappa shape index (κ2) is 9.62. The first kappa shape index (κ1) is 21.2. The van der Waals surface area contributed by atoms with Gasteiger partial charge in [-0.3, -0.25) is 4.99 Å². The molecule has 0 unspecified atom stereocenters. The molecule has 0 fully saturated rings. The smallest absolute Gasteiger partial charge is 0.377 e. The minimum atomic E-state index is -4.31. The Morgan fingerprint density at radius 3 is 2.44 bits per heavy atom. The number of benzene rings is 1. The first-order valence-electron chi connectivity index (χ1n) is 7.87. The predicted octanol–water partition coefficient (Wildman–Crippen LogP) is 2.86. The van der Waals surface area contributed by atoms with Crippen molar-refractivity contribution in [2.75, 3.05) is 27.3 Å². The highest BCUT2D eigenvalue weighted by Crippen LogP contribution is 2.16. The van der Waals surface area contributed by atoms with Crippen molar-refractivity contribution in [1.82, 2.24) is 10.6 Å². The van der Waals surface area contributed by atoms with Crippen molar-refractivity contribution < 1.29 is 22.6 Å². The summed E-state index contributed by atoms with van der Waals surface area (Å²) in [6.45, 7) is 3.65. The molecule has 0 amide bonds. The Bertz CT molecular complexity index is 560. The topological polar surface area (TPSA) is 54.9 Å². The van der Waals surface area contributed by atoms with Crippen LogP contribution in [0.5, 0.6) is 0 Å². The molecule has 5 nitrogen and oxygen atoms in total. The van der Waals surface area contributed by atoms with Gasteiger partial charge in [0.1, 0.15) is 6.61 Å². The normalized spacial score (nSPS) is 13.0. The average molecular weight is 361 g/mol. The van der Waals surface area contributed by atoms with E-state index in [4.69, 9.17) is 4.74 Å². The van der Waals surface area contributed by atoms with Crippen LogP contribution < -0.4 is 10.6 Å². The van der Waals surface area contributed by atoms with Gasteiger partial charge in [0.05, 0.1) is 12.2 Å². The van der Waals surface area contributed by atoms with Gasteiger partial charge in [0.25, 0.3) is 0 Å². The number of halogens is 3. The second-order valence-corrected chi connectivity index (χ2v) is 6.17. The van der Waals surface area contributed by atoms with E-state index in [0.717, 1.165) is 5.56 Å². The monoisotopic (exact) mass is 361 g/mol. The van der Waals surface area contributed by atoms with Crippen molar-refractivity contribution in [1.29, 1.82) is 0 Å². The Morgan fingerprint density at radius 1 is 1.16 bits per heavy atom. The molecule has 0 saturated heterocycles. The van der Waals surface area contributed by atoms with Crippen LogP contribution in [0.3, 0.4) is 0 Å². The molecule has 0 bridgehead atoms. The summed E-state index contributed by atoms with van der Waals surface area (Å²) < 4.78 is 46.3. The summed E-state index contributed by atoms with van der Waals surface area (Å²) >= 11 is 0. The molecule has 0 atom stereocenters. The number of guanidine groups is 1. The lowest BCUT2D eigenvalue weighted by Gasteiger charge is -2.24. The molecular formula is C17H26F3N3O2. The van der Waals surface area contributed by atoms with E-state index in [-0.39, 0.29) is 12.2 Å². The average Bonchev–Trinajstić information content (AvgIpc) is 2.54. The molecule has 2 N–H and O–H groups in total. The van der Waals surface area contributed by atoms with Crippen molar-refractivity contribution in [3.05, 3.63) is 35.4 Å². The van der Waals surface area contributed by atoms with Crippen molar-refractivity contribution in [3.8, 4) is 0 Å². The zero-order valence-electron chi connectivity index (χ0n) is 15.0. The molecule has 8 heteroatoms. The van der Waals surface area contributed by atoms with Crippen molar-refractivity contribution in [2.24, 2.45) is 4.99 Å². The summed E-state index contributed by atoms with van der Waals surface area (Å²) in [5.74, 6) is 0.615. The minimum absolute atomic E-state index is 0.0810. The second-order valence-electron chi connectivity index (χ2n) is 6.17. The molecule has 0 aliphatic heterocycles. The maximum Gasteiger partial charge on any atom is 0.411 e. The number of nitrogens with zero attached hydrogens (tertiary/aromatic N) is 1. The van der Waals surface area contributed by atoms with Crippen LogP contribution in [0, 0.1) is 0 Å². The molecule has 142 valence electrons. The van der Waals surface area contributed by atoms with Gasteiger partial charge in [0.15, 0.2) is 5.96 Å². The van der Waals surface area contributed by atoms with Gasteiger partial charge in [-0.2, -0.15) is 13.2 Å². The fourth-order valence-electron chi connectivity index (χ4n) is 1.89. The third-order valence-electron chi connectivity index (χ3n) is 3.44. The first-order valence-corrected chi connectivity index (χ1v) is 7.87. The van der Waals surface area contributed by atoms with Gasteiger partial charge in [-0.25, -0.2) is 0 Å². The van der Waals surface area contributed by atoms with Gasteiger partial charge in [0, 0.05) is 27.2 Å². The fourth-order valence-corrected chi connectivity index (χ4v) is 1.89. The highest BCUT2D eigenvalue weighted by molar-refractivity contribution is 5.79. The van der Waals surface area contributed by atoms with Crippen molar-refractivity contribution >= 4 is 5.96 Å². The summed E-state index contributed by atoms with van der Waals surface area (Å²) in [6, 6.07) is 7.20. The zero-order valence-corrected chi connectivity index (χ0v) is 15.0. The molecule has 25 heavy (non-hydrogen) atoms. The van der Waals surface area contributed by atoms with E-state index in [1.807, 2.05) is 19.9 Å². The van der Waals surface area contributed by atoms with E-state index in [2.05, 4.69) is 20.4 Å². The van der Waals surface area contributed by atoms with Crippen LogP contribution in [0.25, 0.3) is 0 Å². The van der Waals surface area contributed by atoms with E-state index in [1.165, 1.54) is 0 Å². The summed E-state index contributed by atoms with van der Waals surface area (Å²) in [4.78, 5) is 4.13. The van der Waals surface area contributed by atoms with Crippen LogP contribution in [0.1, 0.15) is 25.0 Å². The van der Waals surface area contributed by atoms with E-state index in [1.54, 1.807) is 32.4 Å². The third kappa shape index (κ3) is 9.31. The quantitative estimate of drug-likeness (QED) is 0.552. The number of aliphatic imine (C=N–C) groups is 1. The maximum absolute atomic E-state index is 12.1. The van der Waals surface area contributed by atoms with E-state index in [9.17, 15) is 13.2 Å². The number of methoxy groups -OCH3 is 1. The Balaban J connectivity index is 2.49. The highest BCUT2D eigenvalue weighted by Gasteiger charge is 2.27. The van der Waals surface area contributed by atoms with Gasteiger partial charge in [-0.1, -0.05) is 24.3 Å². The predicted molar refractivity (Wildman–Crippen MR) is 91.4 cm³/mol. The molecule has 0 aliphatic carbocycles. The van der Waals surface area contributed by atoms with Crippen LogP contribution in [0.4, 0.5) is 13.2 Å². The summed E-state index contributed by atoms with van der Waals surface area (Å²) in [6.07, 6.45) is -4.31. The van der Waals surface area contributed by atoms with Crippen molar-refractivity contribution in [2.45, 2.75) is 38.8 Å². The number of alkyl halides is 3. The molecule has 0 aliphatic rings. The standard InChI is InChI=1S/C17H26F3N3O2/c1-16(2,24-4)11-23-15(21-3)22-9-13-6-5-7-14(8-13)10-25-12-17(18,19)20/h5-8H,9-12H2,1-4H3,(H2,21,22,23). The van der Waals surface area contributed by atoms with Crippen LogP contribution in [0.2, 0.25) is 0 Å². The number of hydrogen-bond acceptors (Lipinski definition) is 3. The van der Waals surface area contributed by atoms with Crippen LogP contribution >= 0.6 is 0 Å². The van der Waals surface area contributed by atoms with Gasteiger partial charge in [-0.15, -0.1) is 0 Å². The number of hydrogen-bond donors (Lipinski definition) is 2. The molecule has 1 rings (SSSR count). The summed E-state index contributed by atoms with van der Waals surface area (Å²) in [7, 11) is 3.31. The van der Waals surface area contributed by atoms with E-state index in [0.29, 0.717) is 24.6 Å². The van der Waals surface area contributed by atoms with Crippen LogP contribution in [-0.2, 0) is 22.6 Å². The third-order valence-corrected chi connectivity index (χ3v) is 3.44.